The third-order valence-electron chi connectivity index (χ3n) is 10.1. The van der Waals surface area contributed by atoms with E-state index in [2.05, 4.69) is 0 Å². The van der Waals surface area contributed by atoms with Crippen LogP contribution in [0.1, 0.15) is 48.5 Å². The minimum absolute atomic E-state index is 0.0583. The van der Waals surface area contributed by atoms with E-state index in [0.29, 0.717) is 6.54 Å². The van der Waals surface area contributed by atoms with E-state index in [4.69, 9.17) is 23.7 Å². The molecule has 8 unspecified atom stereocenters. The molecule has 6 heterocycles. The fraction of sp³-hybridized carbons (Fsp3) is 0.852. The minimum Gasteiger partial charge on any atom is -0.362 e. The van der Waals surface area contributed by atoms with Crippen LogP contribution in [0.5, 0.6) is 0 Å². The SMILES string of the molecule is CC(=O)N1CC(C)C2(C1)OC1(C)CN(C(C)=O)CC1(OC13CN(C(C)=O)CC1(O)OC1(C)CN(C(C)=O)CC1(O)O3)O2. The van der Waals surface area contributed by atoms with Crippen molar-refractivity contribution in [2.45, 2.75) is 88.6 Å². The fourth-order valence-corrected chi connectivity index (χ4v) is 7.48. The Kier molecular flexibility index (Phi) is 6.08. The highest BCUT2D eigenvalue weighted by atomic mass is 16.9. The smallest absolute Gasteiger partial charge is 0.248 e. The summed E-state index contributed by atoms with van der Waals surface area (Å²) in [5.74, 6) is -11.3. The maximum atomic E-state index is 12.6. The van der Waals surface area contributed by atoms with Gasteiger partial charge in [-0.05, 0) is 13.8 Å². The largest absolute Gasteiger partial charge is 0.362 e. The van der Waals surface area contributed by atoms with Crippen LogP contribution in [-0.4, -0.2) is 146 Å². The predicted octanol–water partition coefficient (Wildman–Crippen LogP) is -1.84. The van der Waals surface area contributed by atoms with Gasteiger partial charge in [0.05, 0.1) is 45.8 Å². The molecule has 6 fully saturated rings. The molecule has 0 saturated carbocycles. The van der Waals surface area contributed by atoms with Crippen molar-refractivity contribution < 1.29 is 53.1 Å². The van der Waals surface area contributed by atoms with E-state index in [-0.39, 0.29) is 69.5 Å². The Labute approximate surface area is 243 Å². The average Bonchev–Trinajstić information content (AvgIpc) is 3.53. The Bertz CT molecular complexity index is 1270. The van der Waals surface area contributed by atoms with Crippen molar-refractivity contribution >= 4 is 23.6 Å². The van der Waals surface area contributed by atoms with E-state index in [9.17, 15) is 29.4 Å². The number of hydrogen-bond donors (Lipinski definition) is 2. The van der Waals surface area contributed by atoms with Crippen LogP contribution >= 0.6 is 0 Å². The van der Waals surface area contributed by atoms with E-state index < -0.39 is 46.0 Å². The van der Waals surface area contributed by atoms with Gasteiger partial charge in [-0.2, -0.15) is 0 Å². The highest BCUT2D eigenvalue weighted by Crippen LogP contribution is 2.60. The van der Waals surface area contributed by atoms with Gasteiger partial charge in [-0.15, -0.1) is 0 Å². The molecule has 0 aliphatic carbocycles. The van der Waals surface area contributed by atoms with Crippen LogP contribution < -0.4 is 0 Å². The van der Waals surface area contributed by atoms with Gasteiger partial charge in [0, 0.05) is 40.2 Å². The number of hydrogen-bond acceptors (Lipinski definition) is 11. The summed E-state index contributed by atoms with van der Waals surface area (Å²) >= 11 is 0. The topological polar surface area (TPSA) is 168 Å². The molecule has 15 nitrogen and oxygen atoms in total. The number of β-amino-alcohol motifs (C(OH)–C–C–N with tert-alkyl or cyclic N) is 2. The second-order valence-electron chi connectivity index (χ2n) is 13.3. The summed E-state index contributed by atoms with van der Waals surface area (Å²) in [4.78, 5) is 55.6. The zero-order chi connectivity index (χ0) is 30.9. The van der Waals surface area contributed by atoms with Crippen LogP contribution in [0.15, 0.2) is 0 Å². The van der Waals surface area contributed by atoms with E-state index in [0.717, 1.165) is 0 Å². The molecule has 15 heteroatoms. The van der Waals surface area contributed by atoms with Gasteiger partial charge in [-0.1, -0.05) is 6.92 Å². The number of likely N-dealkylation sites (tertiary alicyclic amines) is 4. The Hall–Kier alpha value is -2.40. The zero-order valence-electron chi connectivity index (χ0n) is 25.1. The number of carbonyl (C=O) groups excluding carboxylic acids is 4. The molecule has 0 bridgehead atoms. The summed E-state index contributed by atoms with van der Waals surface area (Å²) in [6, 6.07) is 0. The minimum atomic E-state index is -2.32. The molecule has 4 amide bonds. The Morgan fingerprint density at radius 3 is 1.69 bits per heavy atom. The molecular weight excluding hydrogens is 556 g/mol. The number of aliphatic hydroxyl groups is 2. The van der Waals surface area contributed by atoms with Gasteiger partial charge in [0.2, 0.25) is 46.8 Å². The van der Waals surface area contributed by atoms with E-state index in [1.165, 1.54) is 49.3 Å². The maximum Gasteiger partial charge on any atom is 0.248 e. The lowest BCUT2D eigenvalue weighted by Gasteiger charge is -2.56. The number of rotatable bonds is 2. The van der Waals surface area contributed by atoms with Crippen LogP contribution in [0.4, 0.5) is 0 Å². The lowest BCUT2D eigenvalue weighted by Crippen LogP contribution is -2.77. The highest BCUT2D eigenvalue weighted by molar-refractivity contribution is 5.75. The Morgan fingerprint density at radius 2 is 1.12 bits per heavy atom. The van der Waals surface area contributed by atoms with Crippen LogP contribution in [0.2, 0.25) is 0 Å². The molecule has 0 aromatic heterocycles. The molecule has 2 N–H and O–H groups in total. The van der Waals surface area contributed by atoms with Crippen LogP contribution in [0.3, 0.4) is 0 Å². The molecule has 6 aliphatic rings. The maximum absolute atomic E-state index is 12.6. The molecule has 0 aromatic carbocycles. The highest BCUT2D eigenvalue weighted by Gasteiger charge is 2.81. The molecule has 6 aliphatic heterocycles. The quantitative estimate of drug-likeness (QED) is 0.368. The first-order valence-corrected chi connectivity index (χ1v) is 14.2. The van der Waals surface area contributed by atoms with Crippen molar-refractivity contribution in [3.8, 4) is 0 Å². The lowest BCUT2D eigenvalue weighted by atomic mass is 9.92. The molecule has 0 aromatic rings. The van der Waals surface area contributed by atoms with Crippen LogP contribution in [0.25, 0.3) is 0 Å². The van der Waals surface area contributed by atoms with Crippen molar-refractivity contribution in [2.24, 2.45) is 5.92 Å². The molecular formula is C27H40N4O11. The van der Waals surface area contributed by atoms with Crippen LogP contribution in [-0.2, 0) is 42.9 Å². The Morgan fingerprint density at radius 1 is 0.619 bits per heavy atom. The summed E-state index contributed by atoms with van der Waals surface area (Å²) in [5, 5.41) is 24.1. The number of nitrogens with zero attached hydrogens (tertiary/aromatic N) is 4. The monoisotopic (exact) mass is 596 g/mol. The van der Waals surface area contributed by atoms with Crippen molar-refractivity contribution in [3.63, 3.8) is 0 Å². The summed E-state index contributed by atoms with van der Waals surface area (Å²) in [6.07, 6.45) is 0. The number of fused-ring (bicyclic) bond motifs is 3. The summed E-state index contributed by atoms with van der Waals surface area (Å²) in [6.45, 7) is 9.94. The van der Waals surface area contributed by atoms with Gasteiger partial charge in [0.1, 0.15) is 11.2 Å². The van der Waals surface area contributed by atoms with Gasteiger partial charge in [0.15, 0.2) is 5.79 Å². The third kappa shape index (κ3) is 3.77. The number of amides is 4. The summed E-state index contributed by atoms with van der Waals surface area (Å²) in [5.41, 5.74) is -2.90. The standard InChI is InChI=1S/C27H40N4O11/c1-16-8-28(17(2)32)11-23(16)38-22(7)10-30(19(4)34)14-26(22,40-23)42-27-15-31(20(5)35)13-25(27,37)39-21(6)9-29(18(3)33)12-24(21,36)41-27/h16,36-37H,8-15H2,1-7H3. The van der Waals surface area contributed by atoms with Gasteiger partial charge in [-0.3, -0.25) is 19.2 Å². The van der Waals surface area contributed by atoms with E-state index >= 15 is 0 Å². The number of carbonyl (C=O) groups is 4. The second kappa shape index (κ2) is 8.61. The first kappa shape index (κ1) is 29.7. The van der Waals surface area contributed by atoms with Crippen molar-refractivity contribution in [1.29, 1.82) is 0 Å². The van der Waals surface area contributed by atoms with Gasteiger partial charge in [0.25, 0.3) is 0 Å². The van der Waals surface area contributed by atoms with Gasteiger partial charge >= 0.3 is 0 Å². The third-order valence-corrected chi connectivity index (χ3v) is 10.1. The molecule has 0 radical (unpaired) electrons. The molecule has 6 saturated heterocycles. The molecule has 6 rings (SSSR count). The van der Waals surface area contributed by atoms with Crippen LogP contribution in [0, 0.1) is 5.92 Å². The summed E-state index contributed by atoms with van der Waals surface area (Å²) in [7, 11) is 0. The molecule has 1 spiro atoms. The zero-order valence-corrected chi connectivity index (χ0v) is 25.1. The first-order chi connectivity index (χ1) is 19.3. The van der Waals surface area contributed by atoms with Crippen molar-refractivity contribution in [3.05, 3.63) is 0 Å². The summed E-state index contributed by atoms with van der Waals surface area (Å²) < 4.78 is 32.8. The van der Waals surface area contributed by atoms with E-state index in [1.54, 1.807) is 11.8 Å². The predicted molar refractivity (Wildman–Crippen MR) is 139 cm³/mol. The number of ether oxygens (including phenoxy) is 5. The lowest BCUT2D eigenvalue weighted by molar-refractivity contribution is -0.531. The molecule has 42 heavy (non-hydrogen) atoms. The Balaban J connectivity index is 1.45. The average molecular weight is 597 g/mol. The first-order valence-electron chi connectivity index (χ1n) is 14.2. The van der Waals surface area contributed by atoms with Gasteiger partial charge < -0.3 is 53.5 Å². The normalized spacial score (nSPS) is 47.7. The van der Waals surface area contributed by atoms with Crippen molar-refractivity contribution in [1.82, 2.24) is 19.6 Å². The van der Waals surface area contributed by atoms with Crippen molar-refractivity contribution in [2.75, 3.05) is 52.4 Å². The second-order valence-corrected chi connectivity index (χ2v) is 13.3. The van der Waals surface area contributed by atoms with Gasteiger partial charge in [-0.25, -0.2) is 0 Å². The molecule has 8 atom stereocenters. The van der Waals surface area contributed by atoms with E-state index in [1.807, 2.05) is 6.92 Å². The fourth-order valence-electron chi connectivity index (χ4n) is 7.48. The molecule has 234 valence electrons.